The molecular formula is C24H25F3N4O4. The van der Waals surface area contributed by atoms with Crippen molar-refractivity contribution < 1.29 is 32.1 Å². The van der Waals surface area contributed by atoms with Crippen molar-refractivity contribution in [1.82, 2.24) is 14.9 Å². The van der Waals surface area contributed by atoms with Gasteiger partial charge in [0.05, 0.1) is 31.2 Å². The van der Waals surface area contributed by atoms with Crippen molar-refractivity contribution in [3.8, 4) is 17.2 Å². The van der Waals surface area contributed by atoms with Gasteiger partial charge < -0.3 is 24.3 Å². The summed E-state index contributed by atoms with van der Waals surface area (Å²) in [6, 6.07) is 6.02. The van der Waals surface area contributed by atoms with Crippen LogP contribution >= 0.6 is 0 Å². The average Bonchev–Trinajstić information content (AvgIpc) is 2.86. The lowest BCUT2D eigenvalue weighted by molar-refractivity contribution is -0.138. The molecule has 2 aliphatic heterocycles. The fourth-order valence-electron chi connectivity index (χ4n) is 4.36. The number of rotatable bonds is 6. The third-order valence-corrected chi connectivity index (χ3v) is 6.22. The van der Waals surface area contributed by atoms with Crippen molar-refractivity contribution in [2.45, 2.75) is 32.0 Å². The average molecular weight is 490 g/mol. The molecule has 0 amide bonds. The van der Waals surface area contributed by atoms with Crippen molar-refractivity contribution >= 4 is 22.4 Å². The van der Waals surface area contributed by atoms with E-state index in [1.54, 1.807) is 17.0 Å². The van der Waals surface area contributed by atoms with Gasteiger partial charge in [0.2, 0.25) is 0 Å². The van der Waals surface area contributed by atoms with Gasteiger partial charge in [0, 0.05) is 30.7 Å². The molecule has 3 aromatic rings. The highest BCUT2D eigenvalue weighted by Gasteiger charge is 2.46. The normalized spacial score (nSPS) is 19.6. The summed E-state index contributed by atoms with van der Waals surface area (Å²) in [5, 5.41) is 3.30. The predicted molar refractivity (Wildman–Crippen MR) is 122 cm³/mol. The van der Waals surface area contributed by atoms with Crippen molar-refractivity contribution in [2.75, 3.05) is 38.9 Å². The molecule has 1 aromatic heterocycles. The molecule has 1 N–H and O–H groups in total. The first kappa shape index (κ1) is 23.4. The van der Waals surface area contributed by atoms with Gasteiger partial charge >= 0.3 is 0 Å². The van der Waals surface area contributed by atoms with E-state index in [0.717, 1.165) is 0 Å². The van der Waals surface area contributed by atoms with Gasteiger partial charge in [-0.2, -0.15) is 0 Å². The van der Waals surface area contributed by atoms with Gasteiger partial charge in [0.15, 0.2) is 24.5 Å². The van der Waals surface area contributed by atoms with Crippen molar-refractivity contribution in [1.29, 1.82) is 0 Å². The molecule has 0 spiro atoms. The smallest absolute Gasteiger partial charge is 0.296 e. The number of nitrogens with zero attached hydrogens (tertiary/aromatic N) is 3. The van der Waals surface area contributed by atoms with Crippen LogP contribution < -0.4 is 19.5 Å². The molecule has 1 atom stereocenters. The van der Waals surface area contributed by atoms with Crippen molar-refractivity contribution in [2.24, 2.45) is 0 Å². The Labute approximate surface area is 200 Å². The van der Waals surface area contributed by atoms with Crippen LogP contribution in [0.15, 0.2) is 30.6 Å². The fraction of sp³-hybridized carbons (Fsp3) is 0.417. The van der Waals surface area contributed by atoms with Crippen molar-refractivity contribution in [3.05, 3.63) is 42.0 Å². The zero-order valence-corrected chi connectivity index (χ0v) is 19.3. The van der Waals surface area contributed by atoms with Gasteiger partial charge in [-0.15, -0.1) is 0 Å². The van der Waals surface area contributed by atoms with Gasteiger partial charge in [-0.3, -0.25) is 4.90 Å². The maximum atomic E-state index is 14.9. The Hall–Kier alpha value is -3.31. The number of ether oxygens (including phenoxy) is 4. The van der Waals surface area contributed by atoms with E-state index in [1.165, 1.54) is 25.6 Å². The Morgan fingerprint density at radius 3 is 2.89 bits per heavy atom. The van der Waals surface area contributed by atoms with Crippen LogP contribution in [0.4, 0.5) is 24.7 Å². The van der Waals surface area contributed by atoms with Crippen LogP contribution in [0, 0.1) is 5.82 Å². The minimum Gasteiger partial charge on any atom is -0.497 e. The topological polar surface area (TPSA) is 78.0 Å². The number of nitrogens with one attached hydrogen (secondary N) is 1. The molecule has 1 fully saturated rings. The molecule has 0 radical (unpaired) electrons. The van der Waals surface area contributed by atoms with Gasteiger partial charge in [0.1, 0.15) is 29.3 Å². The zero-order chi connectivity index (χ0) is 24.6. The Bertz CT molecular complexity index is 1240. The molecular weight excluding hydrogens is 465 g/mol. The molecule has 0 bridgehead atoms. The second kappa shape index (κ2) is 9.38. The number of fused-ring (bicyclic) bond motifs is 2. The molecule has 0 unspecified atom stereocenters. The SMILES string of the molecule is CCN1CC[C@@H](Oc2cc(OC)cc3ncnc(Nc4c(F)ccc5c4OCOC5)c23)C(F)(F)C1. The summed E-state index contributed by atoms with van der Waals surface area (Å²) in [6.45, 7) is 2.73. The van der Waals surface area contributed by atoms with E-state index in [-0.39, 0.29) is 37.1 Å². The van der Waals surface area contributed by atoms with E-state index in [2.05, 4.69) is 15.3 Å². The van der Waals surface area contributed by atoms with Crippen LogP contribution in [0.3, 0.4) is 0 Å². The number of piperidine rings is 1. The Balaban J connectivity index is 1.57. The van der Waals surface area contributed by atoms with Crippen LogP contribution in [0.25, 0.3) is 10.9 Å². The first-order valence-electron chi connectivity index (χ1n) is 11.3. The molecule has 8 nitrogen and oxygen atoms in total. The molecule has 0 aliphatic carbocycles. The Morgan fingerprint density at radius 1 is 1.26 bits per heavy atom. The molecule has 3 heterocycles. The van der Waals surface area contributed by atoms with Gasteiger partial charge in [-0.05, 0) is 18.7 Å². The predicted octanol–water partition coefficient (Wildman–Crippen LogP) is 4.50. The number of methoxy groups -OCH3 is 1. The van der Waals surface area contributed by atoms with Crippen LogP contribution in [-0.2, 0) is 11.3 Å². The number of aromatic nitrogens is 2. The monoisotopic (exact) mass is 490 g/mol. The highest BCUT2D eigenvalue weighted by atomic mass is 19.3. The number of hydrogen-bond donors (Lipinski definition) is 1. The summed E-state index contributed by atoms with van der Waals surface area (Å²) in [5.74, 6) is -2.64. The summed E-state index contributed by atoms with van der Waals surface area (Å²) in [4.78, 5) is 10.2. The van der Waals surface area contributed by atoms with E-state index in [1.807, 2.05) is 6.92 Å². The van der Waals surface area contributed by atoms with E-state index >= 15 is 0 Å². The van der Waals surface area contributed by atoms with E-state index < -0.39 is 24.4 Å². The third kappa shape index (κ3) is 4.53. The van der Waals surface area contributed by atoms with Crippen LogP contribution in [0.5, 0.6) is 17.2 Å². The minimum atomic E-state index is -3.06. The van der Waals surface area contributed by atoms with Crippen LogP contribution in [-0.4, -0.2) is 60.4 Å². The van der Waals surface area contributed by atoms with Gasteiger partial charge in [-0.25, -0.2) is 23.1 Å². The molecule has 11 heteroatoms. The van der Waals surface area contributed by atoms with E-state index in [9.17, 15) is 13.2 Å². The molecule has 186 valence electrons. The number of benzene rings is 2. The van der Waals surface area contributed by atoms with E-state index in [0.29, 0.717) is 41.1 Å². The number of anilines is 2. The van der Waals surface area contributed by atoms with E-state index in [4.69, 9.17) is 18.9 Å². The second-order valence-electron chi connectivity index (χ2n) is 8.41. The summed E-state index contributed by atoms with van der Waals surface area (Å²) in [5.41, 5.74) is 1.12. The molecule has 2 aromatic carbocycles. The first-order valence-corrected chi connectivity index (χ1v) is 11.3. The molecule has 0 saturated carbocycles. The minimum absolute atomic E-state index is 0.0211. The maximum absolute atomic E-state index is 14.9. The highest BCUT2D eigenvalue weighted by Crippen LogP contribution is 2.41. The van der Waals surface area contributed by atoms with Gasteiger partial charge in [0.25, 0.3) is 5.92 Å². The molecule has 1 saturated heterocycles. The van der Waals surface area contributed by atoms with Crippen LogP contribution in [0.2, 0.25) is 0 Å². The summed E-state index contributed by atoms with van der Waals surface area (Å²) in [7, 11) is 1.46. The highest BCUT2D eigenvalue weighted by molar-refractivity contribution is 5.97. The summed E-state index contributed by atoms with van der Waals surface area (Å²) in [6.07, 6.45) is 0.0832. The van der Waals surface area contributed by atoms with Crippen molar-refractivity contribution in [3.63, 3.8) is 0 Å². The third-order valence-electron chi connectivity index (χ3n) is 6.22. The lowest BCUT2D eigenvalue weighted by atomic mass is 10.0. The fourth-order valence-corrected chi connectivity index (χ4v) is 4.36. The van der Waals surface area contributed by atoms with Crippen LogP contribution in [0.1, 0.15) is 18.9 Å². The number of halogens is 3. The number of hydrogen-bond acceptors (Lipinski definition) is 8. The maximum Gasteiger partial charge on any atom is 0.296 e. The quantitative estimate of drug-likeness (QED) is 0.542. The Kier molecular flexibility index (Phi) is 6.28. The molecule has 35 heavy (non-hydrogen) atoms. The number of alkyl halides is 2. The summed E-state index contributed by atoms with van der Waals surface area (Å²) >= 11 is 0. The largest absolute Gasteiger partial charge is 0.497 e. The lowest BCUT2D eigenvalue weighted by Gasteiger charge is -2.37. The summed E-state index contributed by atoms with van der Waals surface area (Å²) < 4.78 is 66.8. The Morgan fingerprint density at radius 2 is 2.11 bits per heavy atom. The molecule has 5 rings (SSSR count). The zero-order valence-electron chi connectivity index (χ0n) is 19.3. The van der Waals surface area contributed by atoms with Gasteiger partial charge in [-0.1, -0.05) is 6.92 Å². The lowest BCUT2D eigenvalue weighted by Crippen LogP contribution is -2.53. The standard InChI is InChI=1S/C24H25F3N4O4/c1-3-31-7-6-19(24(26,27)11-31)35-18-9-15(32-2)8-17-20(18)23(29-12-28-17)30-21-16(25)5-4-14-10-33-13-34-22(14)21/h4-5,8-9,12,19H,3,6-7,10-11,13H2,1-2H3,(H,28,29,30)/t19-/m1/s1. The second-order valence-corrected chi connectivity index (χ2v) is 8.41. The number of likely N-dealkylation sites (tertiary alicyclic amines) is 1. The first-order chi connectivity index (χ1) is 16.9. The molecule has 2 aliphatic rings.